The number of nitrogens with zero attached hydrogens (tertiary/aromatic N) is 4. The zero-order valence-corrected chi connectivity index (χ0v) is 25.7. The molecule has 0 saturated carbocycles. The molecule has 0 bridgehead atoms. The van der Waals surface area contributed by atoms with Crippen LogP contribution in [0.3, 0.4) is 0 Å². The first kappa shape index (κ1) is 30.7. The Bertz CT molecular complexity index is 946. The third-order valence-electron chi connectivity index (χ3n) is 5.46. The van der Waals surface area contributed by atoms with E-state index in [9.17, 15) is 0 Å². The van der Waals surface area contributed by atoms with Crippen LogP contribution in [0, 0.1) is 14.9 Å². The molecular formula is C28H40HfN4. The average molecular weight is 611 g/mol. The van der Waals surface area contributed by atoms with Gasteiger partial charge in [-0.05, 0) is 50.9 Å². The largest absolute Gasteiger partial charge is 4.00 e. The number of rotatable bonds is 4. The van der Waals surface area contributed by atoms with Gasteiger partial charge in [-0.15, -0.1) is 33.7 Å². The van der Waals surface area contributed by atoms with E-state index in [0.717, 1.165) is 0 Å². The topological polar surface area (TPSA) is 13.0 Å². The molecule has 5 heteroatoms. The Morgan fingerprint density at radius 1 is 0.455 bits per heavy atom. The molecular weight excluding hydrogens is 571 g/mol. The first-order chi connectivity index (χ1) is 14.2. The predicted octanol–water partition coefficient (Wildman–Crippen LogP) is 6.28. The SMILES string of the molecule is CN(C)c1ccc(N(C)C)c2[cH-]ccc12.CN(C)c1ccc(N(C)C)c2[cH-]ccc12.[CH3-].[CH3-].[Hf+4]. The van der Waals surface area contributed by atoms with Crippen LogP contribution in [-0.2, 0) is 25.8 Å². The molecule has 0 spiro atoms. The molecule has 0 unspecified atom stereocenters. The van der Waals surface area contributed by atoms with E-state index in [1.54, 1.807) is 0 Å². The van der Waals surface area contributed by atoms with Gasteiger partial charge in [0.25, 0.3) is 0 Å². The number of hydrogen-bond acceptors (Lipinski definition) is 4. The van der Waals surface area contributed by atoms with Gasteiger partial charge in [-0.25, -0.2) is 0 Å². The fourth-order valence-corrected chi connectivity index (χ4v) is 3.97. The van der Waals surface area contributed by atoms with Gasteiger partial charge in [-0.3, -0.25) is 0 Å². The van der Waals surface area contributed by atoms with E-state index in [0.29, 0.717) is 0 Å². The Kier molecular flexibility index (Phi) is 11.9. The molecule has 33 heavy (non-hydrogen) atoms. The average Bonchev–Trinajstić information content (AvgIpc) is 3.35. The molecule has 0 aliphatic carbocycles. The predicted molar refractivity (Wildman–Crippen MR) is 149 cm³/mol. The van der Waals surface area contributed by atoms with Gasteiger partial charge < -0.3 is 34.5 Å². The number of anilines is 4. The van der Waals surface area contributed by atoms with Gasteiger partial charge >= 0.3 is 25.8 Å². The molecule has 0 amide bonds. The van der Waals surface area contributed by atoms with E-state index in [2.05, 4.69) is 137 Å². The summed E-state index contributed by atoms with van der Waals surface area (Å²) in [4.78, 5) is 8.62. The summed E-state index contributed by atoms with van der Waals surface area (Å²) in [7, 11) is 16.6. The smallest absolute Gasteiger partial charge is 0.415 e. The molecule has 0 aliphatic rings. The maximum Gasteiger partial charge on any atom is 4.00 e. The van der Waals surface area contributed by atoms with Crippen LogP contribution >= 0.6 is 0 Å². The van der Waals surface area contributed by atoms with Crippen LogP contribution in [0.4, 0.5) is 22.7 Å². The van der Waals surface area contributed by atoms with Crippen molar-refractivity contribution in [3.8, 4) is 0 Å². The van der Waals surface area contributed by atoms with Gasteiger partial charge in [0.2, 0.25) is 0 Å². The third-order valence-corrected chi connectivity index (χ3v) is 5.46. The second-order valence-electron chi connectivity index (χ2n) is 8.49. The van der Waals surface area contributed by atoms with Crippen molar-refractivity contribution in [1.82, 2.24) is 0 Å². The molecule has 0 atom stereocenters. The van der Waals surface area contributed by atoms with Crippen molar-refractivity contribution in [2.45, 2.75) is 0 Å². The van der Waals surface area contributed by atoms with Crippen molar-refractivity contribution in [2.75, 3.05) is 76.0 Å². The van der Waals surface area contributed by atoms with Crippen molar-refractivity contribution in [3.63, 3.8) is 0 Å². The molecule has 0 N–H and O–H groups in total. The fourth-order valence-electron chi connectivity index (χ4n) is 3.97. The molecule has 0 fully saturated rings. The van der Waals surface area contributed by atoms with E-state index < -0.39 is 0 Å². The Morgan fingerprint density at radius 3 is 1.00 bits per heavy atom. The summed E-state index contributed by atoms with van der Waals surface area (Å²) in [6.07, 6.45) is 0. The minimum absolute atomic E-state index is 0. The molecule has 0 aliphatic heterocycles. The maximum atomic E-state index is 2.18. The third kappa shape index (κ3) is 6.41. The molecule has 4 rings (SSSR count). The Morgan fingerprint density at radius 2 is 0.727 bits per heavy atom. The van der Waals surface area contributed by atoms with E-state index in [4.69, 9.17) is 0 Å². The molecule has 0 aromatic heterocycles. The van der Waals surface area contributed by atoms with Crippen LogP contribution in [-0.4, -0.2) is 56.4 Å². The molecule has 176 valence electrons. The number of benzene rings is 2. The first-order valence-electron chi connectivity index (χ1n) is 10.3. The van der Waals surface area contributed by atoms with Gasteiger partial charge in [0.05, 0.1) is 0 Å². The fraction of sp³-hybridized carbons (Fsp3) is 0.286. The molecule has 4 aromatic carbocycles. The van der Waals surface area contributed by atoms with Crippen molar-refractivity contribution in [2.24, 2.45) is 0 Å². The number of hydrogen-bond donors (Lipinski definition) is 0. The van der Waals surface area contributed by atoms with E-state index >= 15 is 0 Å². The van der Waals surface area contributed by atoms with Crippen molar-refractivity contribution < 1.29 is 25.8 Å². The zero-order chi connectivity index (χ0) is 22.0. The summed E-state index contributed by atoms with van der Waals surface area (Å²) >= 11 is 0. The minimum Gasteiger partial charge on any atom is -0.415 e. The Labute approximate surface area is 220 Å². The summed E-state index contributed by atoms with van der Waals surface area (Å²) in [6, 6.07) is 21.7. The second kappa shape index (κ2) is 12.8. The summed E-state index contributed by atoms with van der Waals surface area (Å²) in [5.41, 5.74) is 5.11. The van der Waals surface area contributed by atoms with Crippen molar-refractivity contribution in [3.05, 3.63) is 75.5 Å². The van der Waals surface area contributed by atoms with Gasteiger partial charge in [0.1, 0.15) is 0 Å². The first-order valence-corrected chi connectivity index (χ1v) is 10.3. The van der Waals surface area contributed by atoms with Crippen LogP contribution in [0.25, 0.3) is 21.5 Å². The van der Waals surface area contributed by atoms with Gasteiger partial charge in [0, 0.05) is 28.2 Å². The van der Waals surface area contributed by atoms with Crippen molar-refractivity contribution >= 4 is 44.3 Å². The van der Waals surface area contributed by atoms with Crippen LogP contribution in [0.2, 0.25) is 0 Å². The summed E-state index contributed by atoms with van der Waals surface area (Å²) in [5, 5.41) is 5.30. The standard InChI is InChI=1S/2C13H17N2.2CH3.Hf/c2*1-14(2)12-8-9-13(15(3)4)11-7-5-6-10(11)12;;;/h2*5-9H,1-4H3;2*1H3;/q4*-1;+4. The minimum atomic E-state index is 0. The molecule has 0 radical (unpaired) electrons. The van der Waals surface area contributed by atoms with Crippen LogP contribution < -0.4 is 19.6 Å². The Hall–Kier alpha value is -2.27. The summed E-state index contributed by atoms with van der Waals surface area (Å²) in [5.74, 6) is 0. The van der Waals surface area contributed by atoms with Crippen molar-refractivity contribution in [1.29, 1.82) is 0 Å². The van der Waals surface area contributed by atoms with E-state index in [1.165, 1.54) is 44.3 Å². The van der Waals surface area contributed by atoms with E-state index in [1.807, 2.05) is 0 Å². The van der Waals surface area contributed by atoms with Crippen LogP contribution in [0.5, 0.6) is 0 Å². The van der Waals surface area contributed by atoms with Gasteiger partial charge in [-0.1, -0.05) is 24.3 Å². The van der Waals surface area contributed by atoms with Gasteiger partial charge in [0.15, 0.2) is 0 Å². The van der Waals surface area contributed by atoms with Crippen LogP contribution in [0.1, 0.15) is 0 Å². The quantitative estimate of drug-likeness (QED) is 0.199. The zero-order valence-electron chi connectivity index (χ0n) is 22.1. The monoisotopic (exact) mass is 612 g/mol. The van der Waals surface area contributed by atoms with Gasteiger partial charge in [-0.2, -0.15) is 24.3 Å². The number of fused-ring (bicyclic) bond motifs is 2. The normalized spacial score (nSPS) is 9.70. The molecule has 4 nitrogen and oxygen atoms in total. The van der Waals surface area contributed by atoms with E-state index in [-0.39, 0.29) is 40.7 Å². The Balaban J connectivity index is 0.000000569. The molecule has 0 saturated heterocycles. The van der Waals surface area contributed by atoms with Crippen LogP contribution in [0.15, 0.2) is 60.7 Å². The summed E-state index contributed by atoms with van der Waals surface area (Å²) in [6.45, 7) is 0. The maximum absolute atomic E-state index is 2.18. The summed E-state index contributed by atoms with van der Waals surface area (Å²) < 4.78 is 0. The second-order valence-corrected chi connectivity index (χ2v) is 8.49. The molecule has 4 aromatic rings. The molecule has 0 heterocycles.